The number of hydrogen-bond acceptors (Lipinski definition) is 4. The molecule has 1 aromatic heterocycles. The van der Waals surface area contributed by atoms with Gasteiger partial charge in [0.05, 0.1) is 12.6 Å². The van der Waals surface area contributed by atoms with E-state index in [4.69, 9.17) is 4.74 Å². The third kappa shape index (κ3) is 3.84. The van der Waals surface area contributed by atoms with Crippen molar-refractivity contribution in [2.24, 2.45) is 11.3 Å². The second kappa shape index (κ2) is 7.14. The molecule has 5 heteroatoms. The van der Waals surface area contributed by atoms with Gasteiger partial charge in [0.2, 0.25) is 5.91 Å². The number of piperidine rings is 1. The molecule has 0 aromatic carbocycles. The van der Waals surface area contributed by atoms with Crippen molar-refractivity contribution in [1.82, 2.24) is 10.2 Å². The van der Waals surface area contributed by atoms with E-state index < -0.39 is 0 Å². The lowest BCUT2D eigenvalue weighted by molar-refractivity contribution is -0.127. The quantitative estimate of drug-likeness (QED) is 0.889. The highest BCUT2D eigenvalue weighted by Crippen LogP contribution is 2.41. The van der Waals surface area contributed by atoms with Crippen molar-refractivity contribution in [2.75, 3.05) is 26.3 Å². The summed E-state index contributed by atoms with van der Waals surface area (Å²) in [6.07, 6.45) is 6.63. The van der Waals surface area contributed by atoms with Crippen LogP contribution in [0.1, 0.15) is 44.1 Å². The van der Waals surface area contributed by atoms with E-state index in [2.05, 4.69) is 27.0 Å². The molecule has 1 aromatic rings. The highest BCUT2D eigenvalue weighted by Gasteiger charge is 2.44. The Balaban J connectivity index is 1.34. The van der Waals surface area contributed by atoms with E-state index in [0.29, 0.717) is 12.5 Å². The molecule has 1 saturated carbocycles. The van der Waals surface area contributed by atoms with Crippen LogP contribution in [0.15, 0.2) is 16.8 Å². The van der Waals surface area contributed by atoms with Gasteiger partial charge in [0, 0.05) is 19.6 Å². The lowest BCUT2D eigenvalue weighted by Gasteiger charge is -2.49. The number of ether oxygens (including phenoxy) is 1. The van der Waals surface area contributed by atoms with E-state index in [1.54, 1.807) is 11.3 Å². The largest absolute Gasteiger partial charge is 0.379 e. The maximum atomic E-state index is 12.3. The molecule has 3 fully saturated rings. The van der Waals surface area contributed by atoms with Crippen molar-refractivity contribution in [3.05, 3.63) is 22.4 Å². The van der Waals surface area contributed by atoms with Crippen LogP contribution in [0.3, 0.4) is 0 Å². The monoisotopic (exact) mass is 348 g/mol. The summed E-state index contributed by atoms with van der Waals surface area (Å²) in [7, 11) is 0. The average molecular weight is 349 g/mol. The fourth-order valence-electron chi connectivity index (χ4n) is 4.26. The Morgan fingerprint density at radius 1 is 1.33 bits per heavy atom. The van der Waals surface area contributed by atoms with E-state index in [-0.39, 0.29) is 17.4 Å². The van der Waals surface area contributed by atoms with Gasteiger partial charge >= 0.3 is 0 Å². The van der Waals surface area contributed by atoms with E-state index in [0.717, 1.165) is 39.1 Å². The zero-order chi connectivity index (χ0) is 16.4. The molecule has 0 unspecified atom stereocenters. The van der Waals surface area contributed by atoms with Crippen molar-refractivity contribution < 1.29 is 9.53 Å². The average Bonchev–Trinajstić information content (AvgIpc) is 3.24. The molecule has 1 aliphatic carbocycles. The molecular weight excluding hydrogens is 320 g/mol. The Hall–Kier alpha value is -0.910. The number of rotatable bonds is 5. The molecule has 1 atom stereocenters. The number of carbonyl (C=O) groups is 1. The third-order valence-electron chi connectivity index (χ3n) is 6.11. The van der Waals surface area contributed by atoms with Crippen molar-refractivity contribution >= 4 is 17.2 Å². The Bertz CT molecular complexity index is 548. The van der Waals surface area contributed by atoms with Crippen molar-refractivity contribution in [3.63, 3.8) is 0 Å². The van der Waals surface area contributed by atoms with Gasteiger partial charge < -0.3 is 10.1 Å². The predicted octanol–water partition coefficient (Wildman–Crippen LogP) is 3.04. The first kappa shape index (κ1) is 16.6. The van der Waals surface area contributed by atoms with Crippen LogP contribution in [0, 0.1) is 11.3 Å². The standard InChI is InChI=1S/C19H28N2O2S/c22-18(11-15-1-2-15)20-17-13-23-9-6-19(17)4-7-21(8-5-19)12-16-3-10-24-14-16/h3,10,14-15,17H,1-2,4-9,11-13H2,(H,20,22)/t17-/m1/s1. The zero-order valence-corrected chi connectivity index (χ0v) is 15.2. The molecule has 24 heavy (non-hydrogen) atoms. The first-order valence-corrected chi connectivity index (χ1v) is 10.3. The highest BCUT2D eigenvalue weighted by molar-refractivity contribution is 7.07. The van der Waals surface area contributed by atoms with Crippen LogP contribution >= 0.6 is 11.3 Å². The summed E-state index contributed by atoms with van der Waals surface area (Å²) >= 11 is 1.78. The summed E-state index contributed by atoms with van der Waals surface area (Å²) < 4.78 is 5.72. The van der Waals surface area contributed by atoms with Gasteiger partial charge in [-0.25, -0.2) is 0 Å². The van der Waals surface area contributed by atoms with Gasteiger partial charge in [-0.3, -0.25) is 9.69 Å². The van der Waals surface area contributed by atoms with Gasteiger partial charge in [0.15, 0.2) is 0 Å². The maximum absolute atomic E-state index is 12.3. The van der Waals surface area contributed by atoms with E-state index in [1.165, 1.54) is 31.2 Å². The second-order valence-corrected chi connectivity index (χ2v) is 8.64. The highest BCUT2D eigenvalue weighted by atomic mass is 32.1. The van der Waals surface area contributed by atoms with Gasteiger partial charge in [0.1, 0.15) is 0 Å². The number of carbonyl (C=O) groups excluding carboxylic acids is 1. The lowest BCUT2D eigenvalue weighted by Crippen LogP contribution is -2.57. The topological polar surface area (TPSA) is 41.6 Å². The Labute approximate surface area is 148 Å². The molecule has 4 rings (SSSR count). The van der Waals surface area contributed by atoms with Gasteiger partial charge in [-0.05, 0) is 78.9 Å². The molecule has 1 amide bonds. The van der Waals surface area contributed by atoms with E-state index in [1.807, 2.05) is 0 Å². The molecule has 3 heterocycles. The fourth-order valence-corrected chi connectivity index (χ4v) is 4.92. The molecule has 2 aliphatic heterocycles. The molecule has 0 bridgehead atoms. The third-order valence-corrected chi connectivity index (χ3v) is 6.84. The first-order valence-electron chi connectivity index (χ1n) is 9.34. The van der Waals surface area contributed by atoms with Crippen LogP contribution in [0.5, 0.6) is 0 Å². The van der Waals surface area contributed by atoms with Gasteiger partial charge in [-0.1, -0.05) is 0 Å². The summed E-state index contributed by atoms with van der Waals surface area (Å²) in [5.74, 6) is 0.894. The Kier molecular flexibility index (Phi) is 4.93. The smallest absolute Gasteiger partial charge is 0.220 e. The normalized spacial score (nSPS) is 27.2. The number of thiophene rings is 1. The van der Waals surface area contributed by atoms with Crippen LogP contribution in [-0.4, -0.2) is 43.2 Å². The molecule has 132 valence electrons. The maximum Gasteiger partial charge on any atom is 0.220 e. The Morgan fingerprint density at radius 3 is 2.88 bits per heavy atom. The predicted molar refractivity (Wildman–Crippen MR) is 96.0 cm³/mol. The molecule has 3 aliphatic rings. The van der Waals surface area contributed by atoms with Gasteiger partial charge in [-0.2, -0.15) is 11.3 Å². The van der Waals surface area contributed by atoms with Crippen molar-refractivity contribution in [2.45, 2.75) is 51.1 Å². The fraction of sp³-hybridized carbons (Fsp3) is 0.737. The van der Waals surface area contributed by atoms with Crippen LogP contribution in [0.2, 0.25) is 0 Å². The number of hydrogen-bond donors (Lipinski definition) is 1. The van der Waals surface area contributed by atoms with Crippen molar-refractivity contribution in [1.29, 1.82) is 0 Å². The van der Waals surface area contributed by atoms with E-state index >= 15 is 0 Å². The molecule has 0 radical (unpaired) electrons. The lowest BCUT2D eigenvalue weighted by atomic mass is 9.69. The first-order chi connectivity index (χ1) is 11.7. The van der Waals surface area contributed by atoms with Crippen LogP contribution < -0.4 is 5.32 Å². The number of amides is 1. The summed E-state index contributed by atoms with van der Waals surface area (Å²) in [6.45, 7) is 4.87. The number of likely N-dealkylation sites (tertiary alicyclic amines) is 1. The molecular formula is C19H28N2O2S. The SMILES string of the molecule is O=C(CC1CC1)N[C@@H]1COCCC12CCN(Cc1ccsc1)CC2. The number of nitrogens with zero attached hydrogens (tertiary/aromatic N) is 1. The van der Waals surface area contributed by atoms with E-state index in [9.17, 15) is 4.79 Å². The van der Waals surface area contributed by atoms with Crippen LogP contribution in [0.25, 0.3) is 0 Å². The number of nitrogens with one attached hydrogen (secondary N) is 1. The zero-order valence-electron chi connectivity index (χ0n) is 14.3. The van der Waals surface area contributed by atoms with Crippen LogP contribution in [-0.2, 0) is 16.1 Å². The molecule has 1 spiro atoms. The molecule has 4 nitrogen and oxygen atoms in total. The summed E-state index contributed by atoms with van der Waals surface area (Å²) in [5.41, 5.74) is 1.68. The molecule has 1 N–H and O–H groups in total. The summed E-state index contributed by atoms with van der Waals surface area (Å²) in [4.78, 5) is 14.8. The van der Waals surface area contributed by atoms with Crippen molar-refractivity contribution in [3.8, 4) is 0 Å². The minimum absolute atomic E-state index is 0.209. The second-order valence-electron chi connectivity index (χ2n) is 7.86. The minimum atomic E-state index is 0.209. The Morgan fingerprint density at radius 2 is 2.17 bits per heavy atom. The van der Waals surface area contributed by atoms with Crippen LogP contribution in [0.4, 0.5) is 0 Å². The minimum Gasteiger partial charge on any atom is -0.379 e. The molecule has 2 saturated heterocycles. The van der Waals surface area contributed by atoms with Gasteiger partial charge in [0.25, 0.3) is 0 Å². The summed E-state index contributed by atoms with van der Waals surface area (Å²) in [6, 6.07) is 2.44. The summed E-state index contributed by atoms with van der Waals surface area (Å²) in [5, 5.41) is 7.74. The van der Waals surface area contributed by atoms with Gasteiger partial charge in [-0.15, -0.1) is 0 Å².